The molecule has 1 aliphatic heterocycles. The van der Waals surface area contributed by atoms with E-state index in [4.69, 9.17) is 17.0 Å². The number of thiophene rings is 1. The maximum Gasteiger partial charge on any atom is 0.341 e. The number of hydrogen-bond acceptors (Lipinski definition) is 4. The number of esters is 1. The van der Waals surface area contributed by atoms with Gasteiger partial charge in [0.25, 0.3) is 0 Å². The van der Waals surface area contributed by atoms with Crippen molar-refractivity contribution in [2.45, 2.75) is 52.1 Å². The van der Waals surface area contributed by atoms with Crippen molar-refractivity contribution in [1.29, 1.82) is 0 Å². The van der Waals surface area contributed by atoms with Crippen LogP contribution >= 0.6 is 23.6 Å². The summed E-state index contributed by atoms with van der Waals surface area (Å²) in [6, 6.07) is 12.7. The SMILES string of the molecule is CCOC(=O)c1cc(-c2ccccc2)sc1NC(=S)N1C(C)CCCC1C. The van der Waals surface area contributed by atoms with Gasteiger partial charge in [-0.3, -0.25) is 0 Å². The van der Waals surface area contributed by atoms with Gasteiger partial charge in [0, 0.05) is 17.0 Å². The molecule has 2 aromatic rings. The second-order valence-corrected chi connectivity index (χ2v) is 8.35. The molecule has 0 spiro atoms. The summed E-state index contributed by atoms with van der Waals surface area (Å²) in [6.07, 6.45) is 3.50. The van der Waals surface area contributed by atoms with Crippen LogP contribution in [0.2, 0.25) is 0 Å². The van der Waals surface area contributed by atoms with Gasteiger partial charge < -0.3 is 15.0 Å². The largest absolute Gasteiger partial charge is 0.462 e. The van der Waals surface area contributed by atoms with Crippen LogP contribution in [-0.2, 0) is 4.74 Å². The molecule has 1 aromatic heterocycles. The standard InChI is InChI=1S/C21H26N2O2S2/c1-4-25-20(24)17-13-18(16-11-6-5-7-12-16)27-19(17)22-21(26)23-14(2)9-8-10-15(23)3/h5-7,11-15H,4,8-10H2,1-3H3,(H,22,26). The zero-order valence-corrected chi connectivity index (χ0v) is 17.7. The van der Waals surface area contributed by atoms with E-state index < -0.39 is 0 Å². The first-order valence-electron chi connectivity index (χ1n) is 9.47. The number of ether oxygens (including phenoxy) is 1. The number of thiocarbonyl (C=S) groups is 1. The highest BCUT2D eigenvalue weighted by Gasteiger charge is 2.28. The van der Waals surface area contributed by atoms with Gasteiger partial charge in [0.2, 0.25) is 0 Å². The van der Waals surface area contributed by atoms with Gasteiger partial charge in [0.05, 0.1) is 12.2 Å². The van der Waals surface area contributed by atoms with Crippen LogP contribution in [0.1, 0.15) is 50.4 Å². The van der Waals surface area contributed by atoms with Crippen LogP contribution in [0.4, 0.5) is 5.00 Å². The lowest BCUT2D eigenvalue weighted by molar-refractivity contribution is 0.0528. The second kappa shape index (κ2) is 8.85. The average Bonchev–Trinajstić information content (AvgIpc) is 3.06. The molecule has 144 valence electrons. The minimum Gasteiger partial charge on any atom is -0.462 e. The fraction of sp³-hybridized carbons (Fsp3) is 0.429. The van der Waals surface area contributed by atoms with Crippen molar-refractivity contribution < 1.29 is 9.53 Å². The first-order valence-corrected chi connectivity index (χ1v) is 10.7. The highest BCUT2D eigenvalue weighted by atomic mass is 32.1. The van der Waals surface area contributed by atoms with Crippen LogP contribution in [0.25, 0.3) is 10.4 Å². The summed E-state index contributed by atoms with van der Waals surface area (Å²) in [5.74, 6) is -0.319. The lowest BCUT2D eigenvalue weighted by atomic mass is 9.98. The zero-order valence-electron chi connectivity index (χ0n) is 16.0. The van der Waals surface area contributed by atoms with Gasteiger partial charge in [0.15, 0.2) is 5.11 Å². The van der Waals surface area contributed by atoms with Gasteiger partial charge in [-0.05, 0) is 63.9 Å². The molecular formula is C21H26N2O2S2. The van der Waals surface area contributed by atoms with E-state index in [1.165, 1.54) is 17.8 Å². The van der Waals surface area contributed by atoms with Crippen LogP contribution in [0.15, 0.2) is 36.4 Å². The summed E-state index contributed by atoms with van der Waals surface area (Å²) in [5, 5.41) is 4.78. The molecule has 0 saturated carbocycles. The number of hydrogen-bond donors (Lipinski definition) is 1. The van der Waals surface area contributed by atoms with E-state index in [9.17, 15) is 4.79 Å². The molecule has 2 heterocycles. The first kappa shape index (κ1) is 19.8. The Balaban J connectivity index is 1.89. The molecule has 0 aliphatic carbocycles. The summed E-state index contributed by atoms with van der Waals surface area (Å²) in [7, 11) is 0. The quantitative estimate of drug-likeness (QED) is 0.536. The summed E-state index contributed by atoms with van der Waals surface area (Å²) in [5.41, 5.74) is 1.62. The van der Waals surface area contributed by atoms with Crippen molar-refractivity contribution in [3.05, 3.63) is 42.0 Å². The Kier molecular flexibility index (Phi) is 6.50. The Morgan fingerprint density at radius 1 is 1.26 bits per heavy atom. The Bertz CT molecular complexity index is 794. The van der Waals surface area contributed by atoms with Crippen molar-refractivity contribution in [3.8, 4) is 10.4 Å². The van der Waals surface area contributed by atoms with Gasteiger partial charge in [-0.25, -0.2) is 4.79 Å². The molecule has 4 nitrogen and oxygen atoms in total. The van der Waals surface area contributed by atoms with Crippen molar-refractivity contribution in [2.24, 2.45) is 0 Å². The minimum absolute atomic E-state index is 0.319. The van der Waals surface area contributed by atoms with Gasteiger partial charge in [-0.1, -0.05) is 30.3 Å². The molecule has 6 heteroatoms. The smallest absolute Gasteiger partial charge is 0.341 e. The van der Waals surface area contributed by atoms with Gasteiger partial charge in [-0.15, -0.1) is 11.3 Å². The van der Waals surface area contributed by atoms with Crippen molar-refractivity contribution in [1.82, 2.24) is 4.90 Å². The van der Waals surface area contributed by atoms with E-state index >= 15 is 0 Å². The van der Waals surface area contributed by atoms with Crippen LogP contribution in [0, 0.1) is 0 Å². The van der Waals surface area contributed by atoms with Crippen LogP contribution in [0.3, 0.4) is 0 Å². The number of carbonyl (C=O) groups is 1. The number of carbonyl (C=O) groups excluding carboxylic acids is 1. The third-order valence-corrected chi connectivity index (χ3v) is 6.35. The average molecular weight is 403 g/mol. The van der Waals surface area contributed by atoms with E-state index in [2.05, 4.69) is 24.1 Å². The summed E-state index contributed by atoms with van der Waals surface area (Å²) < 4.78 is 5.26. The molecule has 1 aliphatic rings. The molecule has 1 aromatic carbocycles. The summed E-state index contributed by atoms with van der Waals surface area (Å²) in [4.78, 5) is 15.8. The topological polar surface area (TPSA) is 41.6 Å². The normalized spacial score (nSPS) is 19.6. The number of piperidine rings is 1. The number of rotatable bonds is 4. The van der Waals surface area contributed by atoms with Crippen LogP contribution < -0.4 is 5.32 Å². The predicted octanol–water partition coefficient (Wildman–Crippen LogP) is 5.55. The van der Waals surface area contributed by atoms with E-state index in [1.807, 2.05) is 43.3 Å². The van der Waals surface area contributed by atoms with Crippen molar-refractivity contribution >= 4 is 39.6 Å². The fourth-order valence-corrected chi connectivity index (χ4v) is 5.15. The molecule has 0 amide bonds. The summed E-state index contributed by atoms with van der Waals surface area (Å²) in [6.45, 7) is 6.58. The van der Waals surface area contributed by atoms with Crippen molar-refractivity contribution in [3.63, 3.8) is 0 Å². The number of benzene rings is 1. The van der Waals surface area contributed by atoms with E-state index in [0.717, 1.165) is 28.3 Å². The molecule has 1 N–H and O–H groups in total. The molecule has 0 radical (unpaired) electrons. The fourth-order valence-electron chi connectivity index (χ4n) is 3.57. The maximum atomic E-state index is 12.5. The lowest BCUT2D eigenvalue weighted by Gasteiger charge is -2.40. The Hall–Kier alpha value is -1.92. The number of nitrogens with one attached hydrogen (secondary N) is 1. The Labute approximate surface area is 170 Å². The molecular weight excluding hydrogens is 376 g/mol. The van der Waals surface area contributed by atoms with Crippen molar-refractivity contribution in [2.75, 3.05) is 11.9 Å². The number of likely N-dealkylation sites (tertiary alicyclic amines) is 1. The predicted molar refractivity (Wildman–Crippen MR) is 117 cm³/mol. The molecule has 2 atom stereocenters. The Morgan fingerprint density at radius 3 is 2.56 bits per heavy atom. The minimum atomic E-state index is -0.319. The molecule has 27 heavy (non-hydrogen) atoms. The molecule has 1 saturated heterocycles. The van der Waals surface area contributed by atoms with Gasteiger partial charge in [0.1, 0.15) is 5.00 Å². The molecule has 3 rings (SSSR count). The monoisotopic (exact) mass is 402 g/mol. The molecule has 0 bridgehead atoms. The van der Waals surface area contributed by atoms with Crippen LogP contribution in [0.5, 0.6) is 0 Å². The summed E-state index contributed by atoms with van der Waals surface area (Å²) >= 11 is 7.25. The lowest BCUT2D eigenvalue weighted by Crippen LogP contribution is -2.49. The maximum absolute atomic E-state index is 12.5. The van der Waals surface area contributed by atoms with E-state index in [-0.39, 0.29) is 5.97 Å². The van der Waals surface area contributed by atoms with E-state index in [1.54, 1.807) is 0 Å². The first-order chi connectivity index (χ1) is 13.0. The van der Waals surface area contributed by atoms with Gasteiger partial charge in [-0.2, -0.15) is 0 Å². The molecule has 1 fully saturated rings. The third-order valence-electron chi connectivity index (χ3n) is 4.93. The number of anilines is 1. The molecule has 2 unspecified atom stereocenters. The number of nitrogens with zero attached hydrogens (tertiary/aromatic N) is 1. The second-order valence-electron chi connectivity index (χ2n) is 6.91. The van der Waals surface area contributed by atoms with E-state index in [0.29, 0.717) is 29.4 Å². The zero-order chi connectivity index (χ0) is 19.4. The third kappa shape index (κ3) is 4.50. The highest BCUT2D eigenvalue weighted by Crippen LogP contribution is 2.36. The highest BCUT2D eigenvalue weighted by molar-refractivity contribution is 7.80. The Morgan fingerprint density at radius 2 is 1.93 bits per heavy atom. The van der Waals surface area contributed by atoms with Crippen LogP contribution in [-0.4, -0.2) is 34.7 Å². The van der Waals surface area contributed by atoms with Gasteiger partial charge >= 0.3 is 5.97 Å².